The van der Waals surface area contributed by atoms with E-state index >= 15 is 0 Å². The third kappa shape index (κ3) is 4.10. The van der Waals surface area contributed by atoms with E-state index in [0.717, 1.165) is 22.3 Å². The number of benzene rings is 3. The van der Waals surface area contributed by atoms with Crippen molar-refractivity contribution in [2.75, 3.05) is 23.9 Å². The van der Waals surface area contributed by atoms with Crippen LogP contribution in [0.3, 0.4) is 0 Å². The molecule has 3 aromatic carbocycles. The molecule has 1 atom stereocenters. The number of rotatable bonds is 7. The molecule has 1 N–H and O–H groups in total. The number of amides is 2. The molecule has 1 aliphatic heterocycles. The Hall–Kier alpha value is -4.20. The number of nitrogens with one attached hydrogen (secondary N) is 1. The Balaban J connectivity index is 1.39. The zero-order valence-corrected chi connectivity index (χ0v) is 18.6. The first-order valence-corrected chi connectivity index (χ1v) is 11.0. The van der Waals surface area contributed by atoms with Crippen molar-refractivity contribution >= 4 is 34.5 Å². The summed E-state index contributed by atoms with van der Waals surface area (Å²) in [5, 5.41) is 2.75. The summed E-state index contributed by atoms with van der Waals surface area (Å²) in [5.74, 6) is 0.432. The molecular formula is C26H23FN4O3. The van der Waals surface area contributed by atoms with Crippen molar-refractivity contribution in [3.63, 3.8) is 0 Å². The molecule has 7 nitrogen and oxygen atoms in total. The quantitative estimate of drug-likeness (QED) is 0.447. The molecule has 0 bridgehead atoms. The number of carbonyl (C=O) groups excluding carboxylic acids is 2. The number of ether oxygens (including phenoxy) is 1. The van der Waals surface area contributed by atoms with Crippen molar-refractivity contribution in [1.29, 1.82) is 0 Å². The van der Waals surface area contributed by atoms with Gasteiger partial charge >= 0.3 is 0 Å². The van der Waals surface area contributed by atoms with Gasteiger partial charge in [0, 0.05) is 12.2 Å². The summed E-state index contributed by atoms with van der Waals surface area (Å²) < 4.78 is 20.2. The molecule has 0 saturated carbocycles. The third-order valence-corrected chi connectivity index (χ3v) is 5.97. The second-order valence-corrected chi connectivity index (χ2v) is 8.13. The van der Waals surface area contributed by atoms with Crippen LogP contribution >= 0.6 is 0 Å². The van der Waals surface area contributed by atoms with Gasteiger partial charge in [-0.1, -0.05) is 24.3 Å². The van der Waals surface area contributed by atoms with Gasteiger partial charge in [-0.3, -0.25) is 19.1 Å². The predicted molar refractivity (Wildman–Crippen MR) is 127 cm³/mol. The van der Waals surface area contributed by atoms with Crippen LogP contribution in [0.5, 0.6) is 5.75 Å². The second kappa shape index (κ2) is 8.97. The largest absolute Gasteiger partial charge is 0.497 e. The topological polar surface area (TPSA) is 76.5 Å². The van der Waals surface area contributed by atoms with E-state index < -0.39 is 6.04 Å². The molecule has 0 spiro atoms. The van der Waals surface area contributed by atoms with E-state index in [9.17, 15) is 14.0 Å². The SMILES string of the molecule is COc1ccc(CCN2C(=O)[C@H](CC(=O)Nc3ccc(F)cc3)n3c2nc2ccccc23)cc1. The van der Waals surface area contributed by atoms with Crippen LogP contribution in [-0.2, 0) is 16.0 Å². The van der Waals surface area contributed by atoms with Gasteiger partial charge in [-0.05, 0) is 60.5 Å². The minimum absolute atomic E-state index is 0.0530. The highest BCUT2D eigenvalue weighted by atomic mass is 19.1. The van der Waals surface area contributed by atoms with E-state index in [2.05, 4.69) is 5.32 Å². The van der Waals surface area contributed by atoms with Gasteiger partial charge in [-0.25, -0.2) is 9.37 Å². The Morgan fingerprint density at radius 1 is 1.06 bits per heavy atom. The molecule has 0 saturated heterocycles. The number of carbonyl (C=O) groups is 2. The van der Waals surface area contributed by atoms with Crippen LogP contribution in [0, 0.1) is 5.82 Å². The molecule has 0 fully saturated rings. The van der Waals surface area contributed by atoms with Gasteiger partial charge in [0.25, 0.3) is 5.91 Å². The van der Waals surface area contributed by atoms with E-state index in [-0.39, 0.29) is 24.1 Å². The predicted octanol–water partition coefficient (Wildman–Crippen LogP) is 4.34. The number of aromatic nitrogens is 2. The molecule has 1 aromatic heterocycles. The van der Waals surface area contributed by atoms with Gasteiger partial charge in [0.1, 0.15) is 17.6 Å². The van der Waals surface area contributed by atoms with E-state index in [1.165, 1.54) is 24.3 Å². The number of imidazole rings is 1. The van der Waals surface area contributed by atoms with Crippen LogP contribution in [0.1, 0.15) is 18.0 Å². The average molecular weight is 458 g/mol. The lowest BCUT2D eigenvalue weighted by Crippen LogP contribution is -2.33. The standard InChI is InChI=1S/C26H23FN4O3/c1-34-20-12-6-17(7-13-20)14-15-30-25(33)23(16-24(32)28-19-10-8-18(27)9-11-19)31-22-5-3-2-4-21(22)29-26(30)31/h2-13,23H,14-16H2,1H3,(H,28,32)/t23-/m0/s1. The molecule has 2 amide bonds. The number of anilines is 2. The minimum atomic E-state index is -0.710. The van der Waals surface area contributed by atoms with Gasteiger partial charge in [-0.15, -0.1) is 0 Å². The molecule has 0 radical (unpaired) electrons. The van der Waals surface area contributed by atoms with Crippen molar-refractivity contribution in [2.24, 2.45) is 0 Å². The maximum Gasteiger partial charge on any atom is 0.253 e. The summed E-state index contributed by atoms with van der Waals surface area (Å²) in [6, 6.07) is 20.1. The first-order valence-electron chi connectivity index (χ1n) is 11.0. The van der Waals surface area contributed by atoms with Gasteiger partial charge in [0.15, 0.2) is 0 Å². The maximum atomic E-state index is 13.4. The summed E-state index contributed by atoms with van der Waals surface area (Å²) in [4.78, 5) is 32.6. The zero-order chi connectivity index (χ0) is 23.7. The van der Waals surface area contributed by atoms with Gasteiger partial charge in [0.05, 0.1) is 24.6 Å². The lowest BCUT2D eigenvalue weighted by Gasteiger charge is -2.16. The summed E-state index contributed by atoms with van der Waals surface area (Å²) in [5.41, 5.74) is 3.11. The average Bonchev–Trinajstić information content (AvgIpc) is 3.34. The number of nitrogens with zero attached hydrogens (tertiary/aromatic N) is 3. The first kappa shape index (κ1) is 21.6. The van der Waals surface area contributed by atoms with Crippen molar-refractivity contribution in [1.82, 2.24) is 9.55 Å². The molecule has 172 valence electrons. The zero-order valence-electron chi connectivity index (χ0n) is 18.6. The van der Waals surface area contributed by atoms with E-state index in [1.807, 2.05) is 53.1 Å². The molecule has 1 aliphatic rings. The molecule has 4 aromatic rings. The molecule has 0 unspecified atom stereocenters. The Kier molecular flexibility index (Phi) is 5.71. The van der Waals surface area contributed by atoms with Gasteiger partial charge in [0.2, 0.25) is 11.9 Å². The number of para-hydroxylation sites is 2. The Bertz CT molecular complexity index is 1350. The van der Waals surface area contributed by atoms with Crippen LogP contribution in [-0.4, -0.2) is 35.0 Å². The maximum absolute atomic E-state index is 13.4. The third-order valence-electron chi connectivity index (χ3n) is 5.97. The highest BCUT2D eigenvalue weighted by Gasteiger charge is 2.40. The molecular weight excluding hydrogens is 435 g/mol. The molecule has 5 rings (SSSR count). The van der Waals surface area contributed by atoms with E-state index in [0.29, 0.717) is 24.6 Å². The monoisotopic (exact) mass is 458 g/mol. The Labute approximate surface area is 195 Å². The highest BCUT2D eigenvalue weighted by molar-refractivity contribution is 6.05. The van der Waals surface area contributed by atoms with E-state index in [4.69, 9.17) is 9.72 Å². The Morgan fingerprint density at radius 3 is 2.53 bits per heavy atom. The van der Waals surface area contributed by atoms with Gasteiger partial charge in [-0.2, -0.15) is 0 Å². The fourth-order valence-corrected chi connectivity index (χ4v) is 4.26. The number of hydrogen-bond acceptors (Lipinski definition) is 4. The molecule has 0 aliphatic carbocycles. The van der Waals surface area contributed by atoms with Crippen LogP contribution in [0.2, 0.25) is 0 Å². The highest BCUT2D eigenvalue weighted by Crippen LogP contribution is 2.36. The summed E-state index contributed by atoms with van der Waals surface area (Å²) in [6.45, 7) is 0.435. The lowest BCUT2D eigenvalue weighted by molar-refractivity contribution is -0.124. The Morgan fingerprint density at radius 2 is 1.79 bits per heavy atom. The van der Waals surface area contributed by atoms with Gasteiger partial charge < -0.3 is 10.1 Å². The van der Waals surface area contributed by atoms with Crippen molar-refractivity contribution in [2.45, 2.75) is 18.9 Å². The van der Waals surface area contributed by atoms with Crippen molar-refractivity contribution in [3.05, 3.63) is 84.2 Å². The summed E-state index contributed by atoms with van der Waals surface area (Å²) >= 11 is 0. The molecule has 8 heteroatoms. The molecule has 34 heavy (non-hydrogen) atoms. The smallest absolute Gasteiger partial charge is 0.253 e. The van der Waals surface area contributed by atoms with Crippen LogP contribution in [0.15, 0.2) is 72.8 Å². The number of hydrogen-bond donors (Lipinski definition) is 1. The number of fused-ring (bicyclic) bond motifs is 3. The van der Waals surface area contributed by atoms with Crippen LogP contribution in [0.25, 0.3) is 11.0 Å². The van der Waals surface area contributed by atoms with Crippen LogP contribution < -0.4 is 15.0 Å². The van der Waals surface area contributed by atoms with Crippen molar-refractivity contribution < 1.29 is 18.7 Å². The van der Waals surface area contributed by atoms with E-state index in [1.54, 1.807) is 12.0 Å². The summed E-state index contributed by atoms with van der Waals surface area (Å²) in [7, 11) is 1.62. The lowest BCUT2D eigenvalue weighted by atomic mass is 10.1. The normalized spacial score (nSPS) is 14.9. The summed E-state index contributed by atoms with van der Waals surface area (Å²) in [6.07, 6.45) is 0.579. The number of halogens is 1. The van der Waals surface area contributed by atoms with Crippen LogP contribution in [0.4, 0.5) is 16.0 Å². The fraction of sp³-hybridized carbons (Fsp3) is 0.192. The van der Waals surface area contributed by atoms with Crippen molar-refractivity contribution in [3.8, 4) is 5.75 Å². The fourth-order valence-electron chi connectivity index (χ4n) is 4.26. The molecule has 2 heterocycles. The second-order valence-electron chi connectivity index (χ2n) is 8.13. The minimum Gasteiger partial charge on any atom is -0.497 e. The number of methoxy groups -OCH3 is 1. The first-order chi connectivity index (χ1) is 16.5.